The molecule has 3 rings (SSSR count). The first-order valence-electron chi connectivity index (χ1n) is 9.06. The summed E-state index contributed by atoms with van der Waals surface area (Å²) in [6.07, 6.45) is 1.96. The average Bonchev–Trinajstić information content (AvgIpc) is 3.19. The van der Waals surface area contributed by atoms with E-state index in [2.05, 4.69) is 31.8 Å². The van der Waals surface area contributed by atoms with Crippen LogP contribution in [0, 0.1) is 18.7 Å². The zero-order valence-electron chi connectivity index (χ0n) is 15.7. The number of rotatable bonds is 6. The minimum Gasteiger partial charge on any atom is -0.358 e. The molecule has 0 aliphatic heterocycles. The highest BCUT2D eigenvalue weighted by atomic mass is 35.5. The SMILES string of the molecule is C=C(Nc1ccc(C)c(CCC)c1Cl)C1C(c2ccc(F)c(Cl)c2)C1(C)Cl. The maximum Gasteiger partial charge on any atom is 0.141 e. The van der Waals surface area contributed by atoms with Crippen molar-refractivity contribution in [1.82, 2.24) is 0 Å². The standard InChI is InChI=1S/C22H23Cl3FN/c1-5-6-15-12(2)7-10-18(21(15)24)27-13(3)19-20(22(19,4)25)14-8-9-17(26)16(23)11-14/h7-11,19-20,27H,3,5-6H2,1-2,4H3. The number of allylic oxidation sites excluding steroid dienone is 1. The lowest BCUT2D eigenvalue weighted by molar-refractivity contribution is 0.627. The van der Waals surface area contributed by atoms with Gasteiger partial charge in [0.2, 0.25) is 0 Å². The van der Waals surface area contributed by atoms with Gasteiger partial charge < -0.3 is 5.32 Å². The molecule has 3 unspecified atom stereocenters. The fraction of sp³-hybridized carbons (Fsp3) is 0.364. The predicted molar refractivity (Wildman–Crippen MR) is 115 cm³/mol. The molecule has 3 atom stereocenters. The van der Waals surface area contributed by atoms with Crippen molar-refractivity contribution in [2.75, 3.05) is 5.32 Å². The number of anilines is 1. The second kappa shape index (κ2) is 7.66. The zero-order valence-corrected chi connectivity index (χ0v) is 17.9. The third-order valence-corrected chi connectivity index (χ3v) is 6.58. The van der Waals surface area contributed by atoms with Gasteiger partial charge in [-0.1, -0.05) is 55.3 Å². The molecule has 1 nitrogen and oxygen atoms in total. The third kappa shape index (κ3) is 3.85. The molecule has 5 heteroatoms. The summed E-state index contributed by atoms with van der Waals surface area (Å²) in [5.74, 6) is -0.426. The predicted octanol–water partition coefficient (Wildman–Crippen LogP) is 7.73. The van der Waals surface area contributed by atoms with Crippen molar-refractivity contribution in [3.8, 4) is 0 Å². The summed E-state index contributed by atoms with van der Waals surface area (Å²) in [5.41, 5.74) is 4.89. The van der Waals surface area contributed by atoms with E-state index in [1.54, 1.807) is 12.1 Å². The van der Waals surface area contributed by atoms with E-state index in [4.69, 9.17) is 34.8 Å². The largest absolute Gasteiger partial charge is 0.358 e. The highest BCUT2D eigenvalue weighted by molar-refractivity contribution is 6.34. The Morgan fingerprint density at radius 2 is 1.96 bits per heavy atom. The van der Waals surface area contributed by atoms with Crippen LogP contribution in [-0.4, -0.2) is 4.87 Å². The summed E-state index contributed by atoms with van der Waals surface area (Å²) in [6.45, 7) is 10.4. The summed E-state index contributed by atoms with van der Waals surface area (Å²) in [7, 11) is 0. The minimum atomic E-state index is -0.505. The Morgan fingerprint density at radius 3 is 2.59 bits per heavy atom. The van der Waals surface area contributed by atoms with Crippen LogP contribution in [0.1, 0.15) is 42.9 Å². The van der Waals surface area contributed by atoms with Gasteiger partial charge in [0.05, 0.1) is 20.6 Å². The summed E-state index contributed by atoms with van der Waals surface area (Å²) in [6, 6.07) is 8.80. The maximum absolute atomic E-state index is 13.5. The zero-order chi connectivity index (χ0) is 19.9. The molecule has 144 valence electrons. The Bertz CT molecular complexity index is 891. The molecule has 0 aromatic heterocycles. The summed E-state index contributed by atoms with van der Waals surface area (Å²) >= 11 is 19.3. The molecule has 0 radical (unpaired) electrons. The number of hydrogen-bond acceptors (Lipinski definition) is 1. The molecule has 0 spiro atoms. The molecule has 1 saturated carbocycles. The highest BCUT2D eigenvalue weighted by Gasteiger charge is 2.62. The maximum atomic E-state index is 13.5. The Hall–Kier alpha value is -1.22. The van der Waals surface area contributed by atoms with Crippen LogP contribution in [0.4, 0.5) is 10.1 Å². The van der Waals surface area contributed by atoms with Gasteiger partial charge in [0.25, 0.3) is 0 Å². The van der Waals surface area contributed by atoms with E-state index in [9.17, 15) is 4.39 Å². The average molecular weight is 427 g/mol. The number of halogens is 4. The molecule has 1 aliphatic carbocycles. The molecular weight excluding hydrogens is 404 g/mol. The van der Waals surface area contributed by atoms with Gasteiger partial charge in [0.1, 0.15) is 5.82 Å². The molecule has 0 amide bonds. The van der Waals surface area contributed by atoms with Crippen molar-refractivity contribution >= 4 is 40.5 Å². The quantitative estimate of drug-likeness (QED) is 0.466. The molecule has 0 heterocycles. The van der Waals surface area contributed by atoms with Gasteiger partial charge in [-0.15, -0.1) is 11.6 Å². The number of benzene rings is 2. The number of aryl methyl sites for hydroxylation is 1. The second-order valence-electron chi connectivity index (χ2n) is 7.40. The van der Waals surface area contributed by atoms with E-state index in [-0.39, 0.29) is 16.9 Å². The van der Waals surface area contributed by atoms with Crippen LogP contribution in [0.3, 0.4) is 0 Å². The highest BCUT2D eigenvalue weighted by Crippen LogP contribution is 2.64. The molecule has 0 saturated heterocycles. The van der Waals surface area contributed by atoms with Crippen molar-refractivity contribution in [2.45, 2.75) is 44.4 Å². The molecule has 0 bridgehead atoms. The summed E-state index contributed by atoms with van der Waals surface area (Å²) in [5, 5.41) is 4.20. The van der Waals surface area contributed by atoms with Gasteiger partial charge in [-0.05, 0) is 55.2 Å². The Morgan fingerprint density at radius 1 is 1.26 bits per heavy atom. The fourth-order valence-electron chi connectivity index (χ4n) is 3.87. The number of alkyl halides is 1. The lowest BCUT2D eigenvalue weighted by Crippen LogP contribution is -2.07. The number of nitrogens with one attached hydrogen (secondary N) is 1. The lowest BCUT2D eigenvalue weighted by Gasteiger charge is -2.16. The van der Waals surface area contributed by atoms with Crippen molar-refractivity contribution in [3.63, 3.8) is 0 Å². The van der Waals surface area contributed by atoms with Crippen molar-refractivity contribution < 1.29 is 4.39 Å². The first-order chi connectivity index (χ1) is 12.7. The fourth-order valence-corrected chi connectivity index (χ4v) is 4.86. The Balaban J connectivity index is 1.82. The Kier molecular flexibility index (Phi) is 5.82. The summed E-state index contributed by atoms with van der Waals surface area (Å²) in [4.78, 5) is -0.505. The molecule has 2 aromatic carbocycles. The van der Waals surface area contributed by atoms with Gasteiger partial charge in [-0.3, -0.25) is 0 Å². The van der Waals surface area contributed by atoms with Gasteiger partial charge in [-0.25, -0.2) is 4.39 Å². The normalized spacial score (nSPS) is 24.0. The second-order valence-corrected chi connectivity index (χ2v) is 9.00. The van der Waals surface area contributed by atoms with Crippen LogP contribution in [0.2, 0.25) is 10.0 Å². The van der Waals surface area contributed by atoms with E-state index in [1.807, 2.05) is 13.0 Å². The minimum absolute atomic E-state index is 0.00677. The molecule has 1 fully saturated rings. The molecular formula is C22H23Cl3FN. The van der Waals surface area contributed by atoms with Crippen molar-refractivity contribution in [2.24, 2.45) is 5.92 Å². The van der Waals surface area contributed by atoms with Crippen molar-refractivity contribution in [3.05, 3.63) is 75.2 Å². The number of hydrogen-bond donors (Lipinski definition) is 1. The van der Waals surface area contributed by atoms with E-state index < -0.39 is 10.7 Å². The monoisotopic (exact) mass is 425 g/mol. The van der Waals surface area contributed by atoms with Crippen LogP contribution in [0.25, 0.3) is 0 Å². The molecule has 1 N–H and O–H groups in total. The topological polar surface area (TPSA) is 12.0 Å². The van der Waals surface area contributed by atoms with Crippen LogP contribution < -0.4 is 5.32 Å². The van der Waals surface area contributed by atoms with Gasteiger partial charge in [-0.2, -0.15) is 0 Å². The molecule has 1 aliphatic rings. The third-order valence-electron chi connectivity index (χ3n) is 5.39. The van der Waals surface area contributed by atoms with E-state index in [0.717, 1.165) is 40.4 Å². The molecule has 2 aromatic rings. The first kappa shape index (κ1) is 20.5. The van der Waals surface area contributed by atoms with Gasteiger partial charge in [0.15, 0.2) is 0 Å². The van der Waals surface area contributed by atoms with Crippen LogP contribution in [0.5, 0.6) is 0 Å². The van der Waals surface area contributed by atoms with E-state index >= 15 is 0 Å². The van der Waals surface area contributed by atoms with Gasteiger partial charge >= 0.3 is 0 Å². The van der Waals surface area contributed by atoms with Crippen LogP contribution in [-0.2, 0) is 6.42 Å². The Labute approximate surface area is 175 Å². The van der Waals surface area contributed by atoms with Crippen LogP contribution >= 0.6 is 34.8 Å². The lowest BCUT2D eigenvalue weighted by atomic mass is 10.0. The van der Waals surface area contributed by atoms with E-state index in [1.165, 1.54) is 11.6 Å². The van der Waals surface area contributed by atoms with Crippen molar-refractivity contribution in [1.29, 1.82) is 0 Å². The van der Waals surface area contributed by atoms with Crippen LogP contribution in [0.15, 0.2) is 42.6 Å². The smallest absolute Gasteiger partial charge is 0.141 e. The summed E-state index contributed by atoms with van der Waals surface area (Å²) < 4.78 is 13.5. The first-order valence-corrected chi connectivity index (χ1v) is 10.2. The van der Waals surface area contributed by atoms with Gasteiger partial charge in [0, 0.05) is 17.5 Å². The molecule has 27 heavy (non-hydrogen) atoms. The van der Waals surface area contributed by atoms with E-state index in [0.29, 0.717) is 0 Å².